The lowest BCUT2D eigenvalue weighted by Gasteiger charge is -2.34. The molecule has 2 heteroatoms. The van der Waals surface area contributed by atoms with E-state index in [0.717, 1.165) is 0 Å². The minimum atomic E-state index is -2.61. The summed E-state index contributed by atoms with van der Waals surface area (Å²) in [4.78, 5) is 0. The average molecular weight is 747 g/mol. The van der Waals surface area contributed by atoms with Gasteiger partial charge >= 0.3 is 0 Å². The fourth-order valence-electron chi connectivity index (χ4n) is 8.92. The molecule has 0 atom stereocenters. The van der Waals surface area contributed by atoms with Gasteiger partial charge in [-0.1, -0.05) is 255 Å². The van der Waals surface area contributed by atoms with E-state index in [4.69, 9.17) is 0 Å². The van der Waals surface area contributed by atoms with Crippen molar-refractivity contribution >= 4 is 57.6 Å². The second kappa shape index (κ2) is 15.6. The SMILES string of the molecule is c1ccc([Si](c2ccccc2)(c2ccccc2)c2ccc(-c3ccccc3-c3ccc([Si](c4ccccc4)(c4ccccc4)c4ccccc4)cc3)cc2)cc1. The summed E-state index contributed by atoms with van der Waals surface area (Å²) in [6.07, 6.45) is 0. The van der Waals surface area contributed by atoms with Crippen LogP contribution in [0.25, 0.3) is 22.3 Å². The first kappa shape index (κ1) is 35.1. The van der Waals surface area contributed by atoms with Crippen molar-refractivity contribution in [2.24, 2.45) is 0 Å². The summed E-state index contributed by atoms with van der Waals surface area (Å²) in [5, 5.41) is 11.0. The van der Waals surface area contributed by atoms with E-state index in [2.05, 4.69) is 255 Å². The maximum atomic E-state index is 2.40. The smallest absolute Gasteiger partial charge is 0.0623 e. The average Bonchev–Trinajstić information content (AvgIpc) is 3.30. The lowest BCUT2D eigenvalue weighted by Crippen LogP contribution is -2.74. The fourth-order valence-corrected chi connectivity index (χ4v) is 18.4. The van der Waals surface area contributed by atoms with E-state index in [0.29, 0.717) is 0 Å². The van der Waals surface area contributed by atoms with Gasteiger partial charge in [-0.2, -0.15) is 0 Å². The highest BCUT2D eigenvalue weighted by molar-refractivity contribution is 7.20. The normalized spacial score (nSPS) is 11.6. The Balaban J connectivity index is 1.16. The molecule has 0 heterocycles. The van der Waals surface area contributed by atoms with Gasteiger partial charge in [0.2, 0.25) is 0 Å². The van der Waals surface area contributed by atoms with Gasteiger partial charge in [-0.3, -0.25) is 0 Å². The molecule has 9 aromatic rings. The molecule has 0 aliphatic heterocycles. The van der Waals surface area contributed by atoms with Crippen LogP contribution in [0.15, 0.2) is 255 Å². The van der Waals surface area contributed by atoms with Crippen LogP contribution in [0.5, 0.6) is 0 Å². The molecule has 0 saturated heterocycles. The van der Waals surface area contributed by atoms with Crippen LogP contribution in [-0.2, 0) is 0 Å². The maximum Gasteiger partial charge on any atom is 0.179 e. The van der Waals surface area contributed by atoms with E-state index in [9.17, 15) is 0 Å². The number of benzene rings is 9. The van der Waals surface area contributed by atoms with Crippen molar-refractivity contribution in [2.45, 2.75) is 0 Å². The monoisotopic (exact) mass is 746 g/mol. The molecule has 0 saturated carbocycles. The molecule has 0 unspecified atom stereocenters. The Kier molecular flexibility index (Phi) is 9.81. The largest absolute Gasteiger partial charge is 0.179 e. The quantitative estimate of drug-likeness (QED) is 0.0992. The molecule has 0 aromatic heterocycles. The van der Waals surface area contributed by atoms with Crippen LogP contribution in [0.1, 0.15) is 0 Å². The number of rotatable bonds is 10. The first-order chi connectivity index (χ1) is 27.8. The predicted octanol–water partition coefficient (Wildman–Crippen LogP) is 7.78. The van der Waals surface area contributed by atoms with Crippen molar-refractivity contribution in [2.75, 3.05) is 0 Å². The topological polar surface area (TPSA) is 0 Å². The van der Waals surface area contributed by atoms with Crippen molar-refractivity contribution in [3.05, 3.63) is 255 Å². The maximum absolute atomic E-state index is 2.61. The van der Waals surface area contributed by atoms with Gasteiger partial charge in [-0.05, 0) is 63.7 Å². The first-order valence-corrected chi connectivity index (χ1v) is 23.4. The summed E-state index contributed by atoms with van der Waals surface area (Å²) >= 11 is 0. The number of hydrogen-bond acceptors (Lipinski definition) is 0. The molecule has 0 nitrogen and oxygen atoms in total. The zero-order valence-electron chi connectivity index (χ0n) is 31.2. The lowest BCUT2D eigenvalue weighted by atomic mass is 9.95. The molecule has 0 radical (unpaired) electrons. The Morgan fingerprint density at radius 3 is 0.554 bits per heavy atom. The van der Waals surface area contributed by atoms with Gasteiger partial charge in [-0.15, -0.1) is 0 Å². The fraction of sp³-hybridized carbons (Fsp3) is 0. The van der Waals surface area contributed by atoms with Crippen LogP contribution in [0.4, 0.5) is 0 Å². The predicted molar refractivity (Wildman–Crippen MR) is 245 cm³/mol. The third kappa shape index (κ3) is 6.19. The summed E-state index contributed by atoms with van der Waals surface area (Å²) in [7, 11) is -5.21. The Morgan fingerprint density at radius 2 is 0.339 bits per heavy atom. The molecule has 266 valence electrons. The summed E-state index contributed by atoms with van der Waals surface area (Å²) in [6, 6.07) is 94.7. The van der Waals surface area contributed by atoms with E-state index in [1.807, 2.05) is 0 Å². The van der Waals surface area contributed by atoms with Crippen molar-refractivity contribution in [3.63, 3.8) is 0 Å². The van der Waals surface area contributed by atoms with Gasteiger partial charge < -0.3 is 0 Å². The van der Waals surface area contributed by atoms with Gasteiger partial charge in [0.25, 0.3) is 0 Å². The van der Waals surface area contributed by atoms with E-state index < -0.39 is 16.1 Å². The van der Waals surface area contributed by atoms with Crippen LogP contribution < -0.4 is 41.5 Å². The van der Waals surface area contributed by atoms with Crippen molar-refractivity contribution in [3.8, 4) is 22.3 Å². The zero-order valence-corrected chi connectivity index (χ0v) is 33.2. The van der Waals surface area contributed by atoms with Gasteiger partial charge in [0.05, 0.1) is 0 Å². The van der Waals surface area contributed by atoms with E-state index in [1.165, 1.54) is 63.7 Å². The molecule has 9 rings (SSSR count). The highest BCUT2D eigenvalue weighted by atomic mass is 28.3. The molecule has 0 aliphatic carbocycles. The summed E-state index contributed by atoms with van der Waals surface area (Å²) in [6.45, 7) is 0. The molecule has 0 amide bonds. The van der Waals surface area contributed by atoms with Gasteiger partial charge in [0.1, 0.15) is 0 Å². The highest BCUT2D eigenvalue weighted by Crippen LogP contribution is 2.32. The molecular formula is C54H42Si2. The van der Waals surface area contributed by atoms with Crippen LogP contribution in [0.2, 0.25) is 0 Å². The second-order valence-corrected chi connectivity index (χ2v) is 22.0. The molecule has 0 aliphatic rings. The third-order valence-corrected chi connectivity index (χ3v) is 21.0. The van der Waals surface area contributed by atoms with Crippen molar-refractivity contribution in [1.29, 1.82) is 0 Å². The Bertz CT molecular complexity index is 2240. The first-order valence-electron chi connectivity index (χ1n) is 19.4. The van der Waals surface area contributed by atoms with Gasteiger partial charge in [-0.25, -0.2) is 0 Å². The van der Waals surface area contributed by atoms with Crippen molar-refractivity contribution < 1.29 is 0 Å². The third-order valence-electron chi connectivity index (χ3n) is 11.4. The molecule has 0 bridgehead atoms. The Hall–Kier alpha value is -6.59. The minimum absolute atomic E-state index is 1.21. The van der Waals surface area contributed by atoms with Crippen LogP contribution >= 0.6 is 0 Å². The van der Waals surface area contributed by atoms with E-state index >= 15 is 0 Å². The van der Waals surface area contributed by atoms with E-state index in [1.54, 1.807) is 0 Å². The van der Waals surface area contributed by atoms with Crippen LogP contribution in [-0.4, -0.2) is 16.1 Å². The lowest BCUT2D eigenvalue weighted by molar-refractivity contribution is 1.59. The molecule has 0 spiro atoms. The Labute approximate surface area is 333 Å². The molecular weight excluding hydrogens is 705 g/mol. The summed E-state index contributed by atoms with van der Waals surface area (Å²) in [5.41, 5.74) is 4.89. The number of hydrogen-bond donors (Lipinski definition) is 0. The summed E-state index contributed by atoms with van der Waals surface area (Å²) in [5.74, 6) is 0. The zero-order chi connectivity index (χ0) is 37.6. The van der Waals surface area contributed by atoms with Crippen molar-refractivity contribution in [1.82, 2.24) is 0 Å². The molecule has 0 N–H and O–H groups in total. The minimum Gasteiger partial charge on any atom is -0.0623 e. The van der Waals surface area contributed by atoms with Gasteiger partial charge in [0.15, 0.2) is 16.1 Å². The van der Waals surface area contributed by atoms with Gasteiger partial charge in [0, 0.05) is 0 Å². The second-order valence-electron chi connectivity index (χ2n) is 14.4. The Morgan fingerprint density at radius 1 is 0.161 bits per heavy atom. The van der Waals surface area contributed by atoms with E-state index in [-0.39, 0.29) is 0 Å². The molecule has 0 fully saturated rings. The summed E-state index contributed by atoms with van der Waals surface area (Å²) < 4.78 is 0. The highest BCUT2D eigenvalue weighted by Gasteiger charge is 2.42. The van der Waals surface area contributed by atoms with Crippen LogP contribution in [0, 0.1) is 0 Å². The standard InChI is InChI=1S/C54H42Si2/c1-7-21-45(22-8-1)55(46-23-9-2-10-24-46,47-25-11-3-12-26-47)51-39-35-43(36-40-51)53-33-19-20-34-54(53)44-37-41-52(42-38-44)56(48-27-13-4-14-28-48,49-29-15-5-16-30-49)50-31-17-6-18-32-50/h1-42H. The molecule has 56 heavy (non-hydrogen) atoms. The van der Waals surface area contributed by atoms with Crippen LogP contribution in [0.3, 0.4) is 0 Å². The molecule has 9 aromatic carbocycles.